The van der Waals surface area contributed by atoms with Gasteiger partial charge in [0.2, 0.25) is 5.91 Å². The summed E-state index contributed by atoms with van der Waals surface area (Å²) in [6.07, 6.45) is 5.48. The van der Waals surface area contributed by atoms with E-state index in [0.29, 0.717) is 11.6 Å². The molecule has 1 aliphatic rings. The SMILES string of the molecule is CC1CCC(C(=O)N(c2cc(-c3ccc(-c4cc5ncccc5o4)cc3)sc2C(=O)[O-])C(C)C)CC1.[NH3+]C(CO)(CO)CO. The number of furan rings is 1. The highest BCUT2D eigenvalue weighted by Crippen LogP contribution is 2.40. The van der Waals surface area contributed by atoms with Crippen molar-refractivity contribution in [1.82, 2.24) is 4.98 Å². The molecule has 3 aromatic heterocycles. The first-order valence-corrected chi connectivity index (χ1v) is 15.6. The van der Waals surface area contributed by atoms with E-state index in [1.54, 1.807) is 11.1 Å². The number of quaternary nitrogens is 1. The second kappa shape index (κ2) is 14.4. The minimum atomic E-state index is -1.26. The van der Waals surface area contributed by atoms with Gasteiger partial charge in [-0.2, -0.15) is 0 Å². The van der Waals surface area contributed by atoms with Gasteiger partial charge in [0.05, 0.1) is 16.5 Å². The number of aromatic carboxylic acids is 1. The molecule has 0 unspecified atom stereocenters. The van der Waals surface area contributed by atoms with Crippen LogP contribution in [0.5, 0.6) is 0 Å². The number of carbonyl (C=O) groups excluding carboxylic acids is 2. The summed E-state index contributed by atoms with van der Waals surface area (Å²) in [4.78, 5) is 32.5. The van der Waals surface area contributed by atoms with Gasteiger partial charge in [0, 0.05) is 34.7 Å². The molecule has 5 rings (SSSR count). The van der Waals surface area contributed by atoms with E-state index < -0.39 is 11.5 Å². The molecule has 11 heteroatoms. The van der Waals surface area contributed by atoms with Crippen molar-refractivity contribution in [2.45, 2.75) is 58.0 Å². The summed E-state index contributed by atoms with van der Waals surface area (Å²) >= 11 is 1.15. The molecular weight excluding hydrogens is 582 g/mol. The number of rotatable bonds is 9. The summed E-state index contributed by atoms with van der Waals surface area (Å²) in [5.41, 5.74) is 6.14. The van der Waals surface area contributed by atoms with E-state index in [4.69, 9.17) is 19.7 Å². The van der Waals surface area contributed by atoms with Gasteiger partial charge in [-0.3, -0.25) is 9.78 Å². The largest absolute Gasteiger partial charge is 0.544 e. The van der Waals surface area contributed by atoms with E-state index in [1.165, 1.54) is 0 Å². The van der Waals surface area contributed by atoms with Crippen molar-refractivity contribution in [3.8, 4) is 21.8 Å². The molecule has 10 nitrogen and oxygen atoms in total. The lowest BCUT2D eigenvalue weighted by Gasteiger charge is -2.33. The molecule has 6 N–H and O–H groups in total. The van der Waals surface area contributed by atoms with Gasteiger partial charge in [0.15, 0.2) is 11.1 Å². The van der Waals surface area contributed by atoms with Gasteiger partial charge in [0.1, 0.15) is 31.1 Å². The number of aliphatic hydroxyl groups excluding tert-OH is 3. The molecule has 1 aromatic carbocycles. The predicted octanol–water partition coefficient (Wildman–Crippen LogP) is 3.10. The molecular formula is C33H41N3O7S. The minimum Gasteiger partial charge on any atom is -0.544 e. The first-order chi connectivity index (χ1) is 21.0. The second-order valence-corrected chi connectivity index (χ2v) is 13.0. The lowest BCUT2D eigenvalue weighted by molar-refractivity contribution is -0.494. The molecule has 1 amide bonds. The highest BCUT2D eigenvalue weighted by molar-refractivity contribution is 7.18. The summed E-state index contributed by atoms with van der Waals surface area (Å²) in [5, 5.41) is 37.3. The zero-order valence-electron chi connectivity index (χ0n) is 25.4. The summed E-state index contributed by atoms with van der Waals surface area (Å²) in [6.45, 7) is 5.20. The third-order valence-electron chi connectivity index (χ3n) is 8.02. The van der Waals surface area contributed by atoms with E-state index in [9.17, 15) is 14.7 Å². The molecule has 0 radical (unpaired) electrons. The number of nitrogens with zero attached hydrogens (tertiary/aromatic N) is 2. The highest BCUT2D eigenvalue weighted by Gasteiger charge is 2.32. The van der Waals surface area contributed by atoms with Crippen LogP contribution in [0.2, 0.25) is 0 Å². The molecule has 4 aromatic rings. The number of fused-ring (bicyclic) bond motifs is 1. The summed E-state index contributed by atoms with van der Waals surface area (Å²) < 4.78 is 5.91. The van der Waals surface area contributed by atoms with Crippen molar-refractivity contribution in [2.24, 2.45) is 11.8 Å². The zero-order chi connectivity index (χ0) is 32.0. The van der Waals surface area contributed by atoms with Crippen LogP contribution in [0.15, 0.2) is 59.1 Å². The Balaban J connectivity index is 0.000000488. The number of carbonyl (C=O) groups is 2. The maximum Gasteiger partial charge on any atom is 0.230 e. The highest BCUT2D eigenvalue weighted by atomic mass is 32.1. The smallest absolute Gasteiger partial charge is 0.230 e. The molecule has 3 heterocycles. The number of hydrogen-bond acceptors (Lipinski definition) is 9. The average Bonchev–Trinajstić information content (AvgIpc) is 3.67. The normalized spacial score (nSPS) is 16.9. The number of hydrogen-bond donors (Lipinski definition) is 4. The van der Waals surface area contributed by atoms with Gasteiger partial charge in [-0.25, -0.2) is 0 Å². The fraction of sp³-hybridized carbons (Fsp3) is 0.424. The molecule has 236 valence electrons. The Kier molecular flexibility index (Phi) is 10.9. The van der Waals surface area contributed by atoms with E-state index in [1.807, 2.05) is 62.4 Å². The van der Waals surface area contributed by atoms with E-state index in [-0.39, 0.29) is 42.6 Å². The molecule has 1 fully saturated rings. The van der Waals surface area contributed by atoms with Crippen molar-refractivity contribution < 1.29 is 40.2 Å². The Morgan fingerprint density at radius 3 is 2.18 bits per heavy atom. The maximum atomic E-state index is 13.5. The van der Waals surface area contributed by atoms with Crippen molar-refractivity contribution in [2.75, 3.05) is 24.7 Å². The number of aromatic nitrogens is 1. The second-order valence-electron chi connectivity index (χ2n) is 11.9. The van der Waals surface area contributed by atoms with Gasteiger partial charge >= 0.3 is 0 Å². The van der Waals surface area contributed by atoms with E-state index in [2.05, 4.69) is 17.6 Å². The number of pyridine rings is 1. The Morgan fingerprint density at radius 1 is 1.05 bits per heavy atom. The number of carboxylic acids is 1. The van der Waals surface area contributed by atoms with Crippen LogP contribution in [-0.2, 0) is 4.79 Å². The Labute approximate surface area is 260 Å². The number of thiophene rings is 1. The monoisotopic (exact) mass is 623 g/mol. The average molecular weight is 624 g/mol. The fourth-order valence-corrected chi connectivity index (χ4v) is 6.15. The lowest BCUT2D eigenvalue weighted by Crippen LogP contribution is -2.78. The maximum absolute atomic E-state index is 13.5. The molecule has 1 aliphatic carbocycles. The van der Waals surface area contributed by atoms with Crippen molar-refractivity contribution in [1.29, 1.82) is 0 Å². The molecule has 44 heavy (non-hydrogen) atoms. The van der Waals surface area contributed by atoms with E-state index >= 15 is 0 Å². The zero-order valence-corrected chi connectivity index (χ0v) is 26.2. The van der Waals surface area contributed by atoms with Gasteiger partial charge in [-0.15, -0.1) is 11.3 Å². The number of aliphatic hydroxyl groups is 3. The Hall–Kier alpha value is -3.61. The van der Waals surface area contributed by atoms with Crippen LogP contribution in [0.3, 0.4) is 0 Å². The first kappa shape index (κ1) is 33.3. The Morgan fingerprint density at radius 2 is 1.66 bits per heavy atom. The molecule has 0 atom stereocenters. The number of amides is 1. The Bertz CT molecular complexity index is 1510. The predicted molar refractivity (Wildman–Crippen MR) is 168 cm³/mol. The van der Waals surface area contributed by atoms with Gasteiger partial charge in [0.25, 0.3) is 0 Å². The third-order valence-corrected chi connectivity index (χ3v) is 9.18. The molecule has 0 aliphatic heterocycles. The summed E-state index contributed by atoms with van der Waals surface area (Å²) in [6, 6.07) is 15.0. The van der Waals surface area contributed by atoms with Crippen LogP contribution in [0, 0.1) is 11.8 Å². The van der Waals surface area contributed by atoms with Crippen LogP contribution in [0.4, 0.5) is 5.69 Å². The fourth-order valence-electron chi connectivity index (χ4n) is 5.16. The van der Waals surface area contributed by atoms with Gasteiger partial charge < -0.3 is 40.3 Å². The summed E-state index contributed by atoms with van der Waals surface area (Å²) in [7, 11) is 0. The van der Waals surface area contributed by atoms with Crippen molar-refractivity contribution >= 4 is 40.0 Å². The molecule has 1 saturated carbocycles. The molecule has 0 saturated heterocycles. The number of anilines is 1. The van der Waals surface area contributed by atoms with Crippen molar-refractivity contribution in [3.05, 3.63) is 59.6 Å². The van der Waals surface area contributed by atoms with Crippen LogP contribution in [0.1, 0.15) is 56.1 Å². The van der Waals surface area contributed by atoms with E-state index in [0.717, 1.165) is 69.9 Å². The van der Waals surface area contributed by atoms with Crippen molar-refractivity contribution in [3.63, 3.8) is 0 Å². The van der Waals surface area contributed by atoms with Crippen LogP contribution in [-0.4, -0.2) is 63.6 Å². The standard InChI is InChI=1S/C29H30N2O4S.C4H11NO3/c1-17(2)31(28(32)21-8-6-18(3)7-9-21)23-16-26(36-27(23)29(33)34)20-12-10-19(11-13-20)25-15-22-24(35-25)5-4-14-30-22;5-4(1-6,2-7)3-8/h4-5,10-18,21H,6-9H2,1-3H3,(H,33,34);6-8H,1-3,5H2. The van der Waals surface area contributed by atoms with Crippen LogP contribution >= 0.6 is 11.3 Å². The first-order valence-electron chi connectivity index (χ1n) is 14.8. The summed E-state index contributed by atoms with van der Waals surface area (Å²) in [5.74, 6) is 0.0305. The minimum absolute atomic E-state index is 0.0117. The quantitative estimate of drug-likeness (QED) is 0.220. The molecule has 0 spiro atoms. The lowest BCUT2D eigenvalue weighted by atomic mass is 9.82. The van der Waals surface area contributed by atoms with Gasteiger partial charge in [-0.05, 0) is 69.2 Å². The third kappa shape index (κ3) is 7.54. The van der Waals surface area contributed by atoms with Crippen LogP contribution in [0.25, 0.3) is 32.9 Å². The molecule has 0 bridgehead atoms. The van der Waals surface area contributed by atoms with Crippen LogP contribution < -0.4 is 15.7 Å². The topological polar surface area (TPSA) is 175 Å². The number of carboxylic acid groups (broad SMARTS) is 1. The van der Waals surface area contributed by atoms with Gasteiger partial charge in [-0.1, -0.05) is 31.2 Å². The number of benzene rings is 1.